The third-order valence-corrected chi connectivity index (χ3v) is 5.24. The topological polar surface area (TPSA) is 109 Å². The van der Waals surface area contributed by atoms with Crippen LogP contribution in [0, 0.1) is 6.92 Å². The molecule has 0 bridgehead atoms. The summed E-state index contributed by atoms with van der Waals surface area (Å²) in [5.41, 5.74) is 1.97. The van der Waals surface area contributed by atoms with Crippen molar-refractivity contribution in [3.63, 3.8) is 0 Å². The summed E-state index contributed by atoms with van der Waals surface area (Å²) in [6.45, 7) is 4.67. The van der Waals surface area contributed by atoms with Crippen LogP contribution in [0.25, 0.3) is 11.5 Å². The van der Waals surface area contributed by atoms with Gasteiger partial charge in [0, 0.05) is 25.0 Å². The molecule has 0 aliphatic carbocycles. The number of nitrogens with zero attached hydrogens (tertiary/aromatic N) is 6. The lowest BCUT2D eigenvalue weighted by atomic mass is 10.1. The number of hydrogen-bond donors (Lipinski definition) is 2. The Morgan fingerprint density at radius 1 is 1.10 bits per heavy atom. The molecular weight excluding hydrogens is 392 g/mol. The van der Waals surface area contributed by atoms with Crippen LogP contribution < -0.4 is 10.6 Å². The average Bonchev–Trinajstić information content (AvgIpc) is 2.79. The van der Waals surface area contributed by atoms with Gasteiger partial charge >= 0.3 is 0 Å². The molecule has 9 nitrogen and oxygen atoms in total. The quantitative estimate of drug-likeness (QED) is 0.626. The van der Waals surface area contributed by atoms with Crippen LogP contribution in [0.4, 0.5) is 5.95 Å². The number of piperidine rings is 1. The van der Waals surface area contributed by atoms with Gasteiger partial charge in [-0.25, -0.2) is 4.98 Å². The first-order valence-electron chi connectivity index (χ1n) is 10.4. The molecule has 0 spiro atoms. The molecule has 31 heavy (non-hydrogen) atoms. The number of carbonyl (C=O) groups excluding carboxylic acids is 1. The van der Waals surface area contributed by atoms with Crippen molar-refractivity contribution in [2.24, 2.45) is 0 Å². The van der Waals surface area contributed by atoms with Gasteiger partial charge in [0.25, 0.3) is 5.91 Å². The predicted molar refractivity (Wildman–Crippen MR) is 117 cm³/mol. The van der Waals surface area contributed by atoms with E-state index in [0.29, 0.717) is 35.5 Å². The van der Waals surface area contributed by atoms with E-state index in [1.54, 1.807) is 25.4 Å². The predicted octanol–water partition coefficient (Wildman–Crippen LogP) is 2.07. The number of amides is 1. The molecule has 0 unspecified atom stereocenters. The summed E-state index contributed by atoms with van der Waals surface area (Å²) in [5.74, 6) is 0.780. The van der Waals surface area contributed by atoms with Gasteiger partial charge in [-0.3, -0.25) is 20.1 Å². The van der Waals surface area contributed by atoms with Crippen molar-refractivity contribution in [3.05, 3.63) is 59.8 Å². The third kappa shape index (κ3) is 5.65. The molecule has 0 saturated carbocycles. The molecule has 4 heterocycles. The molecule has 1 amide bonds. The zero-order chi connectivity index (χ0) is 21.6. The molecule has 9 heteroatoms. The molecule has 1 fully saturated rings. The molecular formula is C22H26N8O. The maximum atomic E-state index is 12.6. The van der Waals surface area contributed by atoms with Gasteiger partial charge in [0.2, 0.25) is 5.95 Å². The summed E-state index contributed by atoms with van der Waals surface area (Å²) < 4.78 is 0. The molecule has 1 aliphatic rings. The van der Waals surface area contributed by atoms with Gasteiger partial charge in [-0.15, -0.1) is 0 Å². The van der Waals surface area contributed by atoms with Gasteiger partial charge < -0.3 is 10.2 Å². The zero-order valence-corrected chi connectivity index (χ0v) is 17.7. The summed E-state index contributed by atoms with van der Waals surface area (Å²) in [6.07, 6.45) is 5.53. The van der Waals surface area contributed by atoms with Crippen molar-refractivity contribution in [1.82, 2.24) is 35.1 Å². The van der Waals surface area contributed by atoms with Crippen molar-refractivity contribution in [3.8, 4) is 11.5 Å². The average molecular weight is 419 g/mol. The second-order valence-corrected chi connectivity index (χ2v) is 7.70. The Balaban J connectivity index is 1.37. The van der Waals surface area contributed by atoms with E-state index in [1.165, 1.54) is 0 Å². The highest BCUT2D eigenvalue weighted by molar-refractivity contribution is 6.03. The van der Waals surface area contributed by atoms with Crippen molar-refractivity contribution >= 4 is 11.9 Å². The number of aryl methyl sites for hydroxylation is 1. The molecule has 1 aliphatic heterocycles. The lowest BCUT2D eigenvalue weighted by Crippen LogP contribution is -2.40. The number of anilines is 1. The standard InChI is InChI=1S/C22H26N8O/c1-15-26-20(19-5-3-4-10-23-19)28-22(27-15)29-21(31)16-6-7-18(24-13-16)14-25-17-8-11-30(2)12-9-17/h3-7,10,13,17,25H,8-9,11-12,14H2,1-2H3,(H,26,27,28,29,31). The Hall–Kier alpha value is -3.30. The molecule has 4 rings (SSSR count). The fourth-order valence-electron chi connectivity index (χ4n) is 3.45. The van der Waals surface area contributed by atoms with Gasteiger partial charge in [0.1, 0.15) is 11.5 Å². The van der Waals surface area contributed by atoms with Crippen molar-refractivity contribution in [2.45, 2.75) is 32.4 Å². The monoisotopic (exact) mass is 418 g/mol. The van der Waals surface area contributed by atoms with Crippen molar-refractivity contribution in [1.29, 1.82) is 0 Å². The number of carbonyl (C=O) groups is 1. The Morgan fingerprint density at radius 3 is 2.65 bits per heavy atom. The van der Waals surface area contributed by atoms with Crippen molar-refractivity contribution < 1.29 is 4.79 Å². The first kappa shape index (κ1) is 21.0. The maximum absolute atomic E-state index is 12.6. The Morgan fingerprint density at radius 2 is 1.94 bits per heavy atom. The lowest BCUT2D eigenvalue weighted by Gasteiger charge is -2.29. The minimum absolute atomic E-state index is 0.186. The maximum Gasteiger partial charge on any atom is 0.259 e. The first-order valence-corrected chi connectivity index (χ1v) is 10.4. The van der Waals surface area contributed by atoms with Crippen LogP contribution in [-0.4, -0.2) is 61.9 Å². The van der Waals surface area contributed by atoms with Crippen LogP contribution in [0.15, 0.2) is 42.7 Å². The minimum atomic E-state index is -0.320. The molecule has 160 valence electrons. The molecule has 2 N–H and O–H groups in total. The van der Waals surface area contributed by atoms with E-state index in [4.69, 9.17) is 0 Å². The Kier molecular flexibility index (Phi) is 6.54. The lowest BCUT2D eigenvalue weighted by molar-refractivity contribution is 0.102. The number of nitrogens with one attached hydrogen (secondary N) is 2. The zero-order valence-electron chi connectivity index (χ0n) is 17.7. The Bertz CT molecular complexity index is 1020. The summed E-state index contributed by atoms with van der Waals surface area (Å²) in [7, 11) is 2.15. The second kappa shape index (κ2) is 9.67. The van der Waals surface area contributed by atoms with E-state index in [-0.39, 0.29) is 11.9 Å². The summed E-state index contributed by atoms with van der Waals surface area (Å²) >= 11 is 0. The fraction of sp³-hybridized carbons (Fsp3) is 0.364. The number of likely N-dealkylation sites (tertiary alicyclic amines) is 1. The van der Waals surface area contributed by atoms with Gasteiger partial charge in [-0.1, -0.05) is 6.07 Å². The van der Waals surface area contributed by atoms with Crippen LogP contribution in [0.5, 0.6) is 0 Å². The smallest absolute Gasteiger partial charge is 0.259 e. The summed E-state index contributed by atoms with van der Waals surface area (Å²) in [4.78, 5) is 36.5. The minimum Gasteiger partial charge on any atom is -0.308 e. The van der Waals surface area contributed by atoms with E-state index in [2.05, 4.69) is 47.5 Å². The number of pyridine rings is 2. The van der Waals surface area contributed by atoms with E-state index >= 15 is 0 Å². The van der Waals surface area contributed by atoms with Crippen LogP contribution in [-0.2, 0) is 6.54 Å². The highest BCUT2D eigenvalue weighted by Crippen LogP contribution is 2.14. The Labute approximate surface area is 181 Å². The largest absolute Gasteiger partial charge is 0.308 e. The third-order valence-electron chi connectivity index (χ3n) is 5.24. The molecule has 0 radical (unpaired) electrons. The van der Waals surface area contributed by atoms with E-state index in [9.17, 15) is 4.79 Å². The van der Waals surface area contributed by atoms with E-state index in [0.717, 1.165) is 31.6 Å². The second-order valence-electron chi connectivity index (χ2n) is 7.70. The van der Waals surface area contributed by atoms with Gasteiger partial charge in [0.05, 0.1) is 11.3 Å². The molecule has 0 atom stereocenters. The van der Waals surface area contributed by atoms with Crippen LogP contribution in [0.3, 0.4) is 0 Å². The van der Waals surface area contributed by atoms with Crippen LogP contribution in [0.2, 0.25) is 0 Å². The molecule has 1 saturated heterocycles. The highest BCUT2D eigenvalue weighted by Gasteiger charge is 2.16. The fourth-order valence-corrected chi connectivity index (χ4v) is 3.45. The summed E-state index contributed by atoms with van der Waals surface area (Å²) in [6, 6.07) is 9.63. The molecule has 0 aromatic carbocycles. The first-order chi connectivity index (χ1) is 15.1. The highest BCUT2D eigenvalue weighted by atomic mass is 16.1. The SMILES string of the molecule is Cc1nc(NC(=O)c2ccc(CNC3CCN(C)CC3)nc2)nc(-c2ccccn2)n1. The van der Waals surface area contributed by atoms with Gasteiger partial charge in [-0.05, 0) is 64.2 Å². The van der Waals surface area contributed by atoms with Crippen LogP contribution in [0.1, 0.15) is 34.7 Å². The number of hydrogen-bond acceptors (Lipinski definition) is 8. The summed E-state index contributed by atoms with van der Waals surface area (Å²) in [5, 5.41) is 6.28. The van der Waals surface area contributed by atoms with E-state index in [1.807, 2.05) is 24.3 Å². The normalized spacial score (nSPS) is 15.0. The van der Waals surface area contributed by atoms with E-state index < -0.39 is 0 Å². The number of aromatic nitrogens is 5. The molecule has 3 aromatic heterocycles. The van der Waals surface area contributed by atoms with Gasteiger partial charge in [0.15, 0.2) is 5.82 Å². The van der Waals surface area contributed by atoms with Gasteiger partial charge in [-0.2, -0.15) is 9.97 Å². The number of rotatable bonds is 6. The van der Waals surface area contributed by atoms with Crippen LogP contribution >= 0.6 is 0 Å². The molecule has 3 aromatic rings. The van der Waals surface area contributed by atoms with Crippen molar-refractivity contribution in [2.75, 3.05) is 25.5 Å².